The van der Waals surface area contributed by atoms with E-state index in [4.69, 9.17) is 4.74 Å². The number of hydrogen-bond acceptors (Lipinski definition) is 6. The Bertz CT molecular complexity index is 965. The topological polar surface area (TPSA) is 137 Å². The van der Waals surface area contributed by atoms with Crippen molar-refractivity contribution in [2.24, 2.45) is 5.92 Å². The maximum Gasteiger partial charge on any atom is 0.255 e. The number of ether oxygens (including phenoxy) is 1. The SMILES string of the molecule is CC(C)[C@H]1NC(=O)C[C@@H](C(=O)N2CCNC(=O)C2)NC(=O)c2ccccc2OCCN(C)C1=O. The van der Waals surface area contributed by atoms with E-state index in [9.17, 15) is 24.0 Å². The van der Waals surface area contributed by atoms with Crippen molar-refractivity contribution in [3.05, 3.63) is 29.8 Å². The summed E-state index contributed by atoms with van der Waals surface area (Å²) in [6, 6.07) is 4.51. The summed E-state index contributed by atoms with van der Waals surface area (Å²) in [6.07, 6.45) is -0.383. The zero-order valence-electron chi connectivity index (χ0n) is 19.6. The third kappa shape index (κ3) is 6.03. The first kappa shape index (κ1) is 25.0. The van der Waals surface area contributed by atoms with Gasteiger partial charge in [0.2, 0.25) is 23.6 Å². The van der Waals surface area contributed by atoms with Gasteiger partial charge in [-0.15, -0.1) is 0 Å². The molecule has 0 unspecified atom stereocenters. The number of rotatable bonds is 2. The Balaban J connectivity index is 1.93. The molecule has 1 fully saturated rings. The Morgan fingerprint density at radius 1 is 1.06 bits per heavy atom. The van der Waals surface area contributed by atoms with Crippen LogP contribution in [-0.2, 0) is 19.2 Å². The molecule has 2 atom stereocenters. The van der Waals surface area contributed by atoms with Crippen molar-refractivity contribution in [2.75, 3.05) is 39.8 Å². The lowest BCUT2D eigenvalue weighted by Crippen LogP contribution is -2.57. The minimum absolute atomic E-state index is 0.135. The Labute approximate surface area is 198 Å². The number of likely N-dealkylation sites (N-methyl/N-ethyl adjacent to an activating group) is 1. The molecular formula is C23H31N5O6. The Kier molecular flexibility index (Phi) is 8.08. The molecule has 11 nitrogen and oxygen atoms in total. The van der Waals surface area contributed by atoms with Crippen LogP contribution in [0.25, 0.3) is 0 Å². The quantitative estimate of drug-likeness (QED) is 0.511. The second-order valence-corrected chi connectivity index (χ2v) is 8.73. The van der Waals surface area contributed by atoms with Gasteiger partial charge in [0.15, 0.2) is 0 Å². The maximum atomic E-state index is 13.2. The van der Waals surface area contributed by atoms with Crippen LogP contribution in [0.2, 0.25) is 0 Å². The van der Waals surface area contributed by atoms with Crippen LogP contribution in [0.4, 0.5) is 0 Å². The lowest BCUT2D eigenvalue weighted by molar-refractivity contribution is -0.141. The Morgan fingerprint density at radius 2 is 1.79 bits per heavy atom. The van der Waals surface area contributed by atoms with Gasteiger partial charge in [0.1, 0.15) is 24.4 Å². The maximum absolute atomic E-state index is 13.2. The minimum Gasteiger partial charge on any atom is -0.491 e. The molecule has 184 valence electrons. The molecule has 34 heavy (non-hydrogen) atoms. The van der Waals surface area contributed by atoms with Gasteiger partial charge in [-0.05, 0) is 18.1 Å². The second kappa shape index (κ2) is 11.0. The number of nitrogens with zero attached hydrogens (tertiary/aromatic N) is 2. The number of hydrogen-bond donors (Lipinski definition) is 3. The zero-order chi connectivity index (χ0) is 24.8. The molecule has 3 N–H and O–H groups in total. The van der Waals surface area contributed by atoms with Crippen molar-refractivity contribution in [1.29, 1.82) is 0 Å². The molecule has 1 aromatic carbocycles. The van der Waals surface area contributed by atoms with E-state index in [1.54, 1.807) is 31.3 Å². The van der Waals surface area contributed by atoms with Crippen molar-refractivity contribution in [3.63, 3.8) is 0 Å². The number of fused-ring (bicyclic) bond motifs is 1. The van der Waals surface area contributed by atoms with Gasteiger partial charge < -0.3 is 30.5 Å². The fourth-order valence-corrected chi connectivity index (χ4v) is 3.83. The van der Waals surface area contributed by atoms with Crippen molar-refractivity contribution in [3.8, 4) is 5.75 Å². The predicted octanol–water partition coefficient (Wildman–Crippen LogP) is -0.875. The highest BCUT2D eigenvalue weighted by Gasteiger charge is 2.34. The van der Waals surface area contributed by atoms with Gasteiger partial charge in [0.25, 0.3) is 5.91 Å². The molecule has 0 radical (unpaired) electrons. The van der Waals surface area contributed by atoms with E-state index < -0.39 is 29.8 Å². The fraction of sp³-hybridized carbons (Fsp3) is 0.522. The number of carbonyl (C=O) groups is 5. The lowest BCUT2D eigenvalue weighted by Gasteiger charge is -2.31. The zero-order valence-corrected chi connectivity index (χ0v) is 19.6. The third-order valence-corrected chi connectivity index (χ3v) is 5.78. The largest absolute Gasteiger partial charge is 0.491 e. The van der Waals surface area contributed by atoms with E-state index in [0.717, 1.165) is 0 Å². The summed E-state index contributed by atoms with van der Waals surface area (Å²) < 4.78 is 5.77. The average molecular weight is 474 g/mol. The Morgan fingerprint density at radius 3 is 2.50 bits per heavy atom. The monoisotopic (exact) mass is 473 g/mol. The van der Waals surface area contributed by atoms with Crippen molar-refractivity contribution in [2.45, 2.75) is 32.4 Å². The lowest BCUT2D eigenvalue weighted by atomic mass is 10.0. The predicted molar refractivity (Wildman–Crippen MR) is 122 cm³/mol. The van der Waals surface area contributed by atoms with Crippen LogP contribution in [-0.4, -0.2) is 91.3 Å². The minimum atomic E-state index is -1.23. The van der Waals surface area contributed by atoms with E-state index in [2.05, 4.69) is 16.0 Å². The van der Waals surface area contributed by atoms with Crippen molar-refractivity contribution in [1.82, 2.24) is 25.8 Å². The highest BCUT2D eigenvalue weighted by Crippen LogP contribution is 2.19. The summed E-state index contributed by atoms with van der Waals surface area (Å²) in [7, 11) is 1.62. The van der Waals surface area contributed by atoms with E-state index in [1.807, 2.05) is 13.8 Å². The molecule has 11 heteroatoms. The molecule has 0 aromatic heterocycles. The van der Waals surface area contributed by atoms with Crippen molar-refractivity contribution < 1.29 is 28.7 Å². The average Bonchev–Trinajstić information content (AvgIpc) is 2.80. The number of nitrogens with one attached hydrogen (secondary N) is 3. The van der Waals surface area contributed by atoms with Crippen molar-refractivity contribution >= 4 is 29.5 Å². The van der Waals surface area contributed by atoms with Crippen LogP contribution in [0.15, 0.2) is 24.3 Å². The molecule has 1 aromatic rings. The van der Waals surface area contributed by atoms with Gasteiger partial charge in [-0.25, -0.2) is 0 Å². The molecule has 0 bridgehead atoms. The molecule has 0 saturated carbocycles. The number of para-hydroxylation sites is 1. The standard InChI is InChI=1S/C23H31N5O6/c1-14(2)20-23(33)27(3)10-11-34-17-7-5-4-6-15(17)21(31)25-16(12-18(29)26-20)22(32)28-9-8-24-19(30)13-28/h4-7,14,16,20H,8-13H2,1-3H3,(H,24,30)(H,25,31)(H,26,29)/t16-,20+/m0/s1. The van der Waals surface area contributed by atoms with E-state index >= 15 is 0 Å². The van der Waals surface area contributed by atoms with Crippen LogP contribution in [0, 0.1) is 5.92 Å². The number of piperazine rings is 1. The van der Waals surface area contributed by atoms with Gasteiger partial charge in [0.05, 0.1) is 25.1 Å². The summed E-state index contributed by atoms with van der Waals surface area (Å²) in [5, 5.41) is 7.98. The first-order valence-corrected chi connectivity index (χ1v) is 11.3. The summed E-state index contributed by atoms with van der Waals surface area (Å²) >= 11 is 0. The summed E-state index contributed by atoms with van der Waals surface area (Å²) in [5.41, 5.74) is 0.197. The second-order valence-electron chi connectivity index (χ2n) is 8.73. The van der Waals surface area contributed by atoms with Gasteiger partial charge in [0, 0.05) is 20.1 Å². The van der Waals surface area contributed by atoms with Gasteiger partial charge in [-0.2, -0.15) is 0 Å². The number of carbonyl (C=O) groups excluding carboxylic acids is 5. The summed E-state index contributed by atoms with van der Waals surface area (Å²) in [5.74, 6) is -2.18. The molecule has 1 saturated heterocycles. The normalized spacial score (nSPS) is 22.7. The molecule has 0 aliphatic carbocycles. The Hall–Kier alpha value is -3.63. The van der Waals surface area contributed by atoms with Crippen LogP contribution >= 0.6 is 0 Å². The van der Waals surface area contributed by atoms with Crippen LogP contribution in [0.3, 0.4) is 0 Å². The smallest absolute Gasteiger partial charge is 0.255 e. The first-order chi connectivity index (χ1) is 16.2. The van der Waals surface area contributed by atoms with Gasteiger partial charge in [-0.3, -0.25) is 24.0 Å². The highest BCUT2D eigenvalue weighted by molar-refractivity contribution is 6.01. The highest BCUT2D eigenvalue weighted by atomic mass is 16.5. The fourth-order valence-electron chi connectivity index (χ4n) is 3.83. The number of amides is 5. The summed E-state index contributed by atoms with van der Waals surface area (Å²) in [6.45, 7) is 4.39. The molecular weight excluding hydrogens is 442 g/mol. The van der Waals surface area contributed by atoms with E-state index in [0.29, 0.717) is 5.75 Å². The molecule has 5 amide bonds. The van der Waals surface area contributed by atoms with Crippen LogP contribution < -0.4 is 20.7 Å². The molecule has 2 aliphatic heterocycles. The molecule has 2 heterocycles. The van der Waals surface area contributed by atoms with Crippen LogP contribution in [0.1, 0.15) is 30.6 Å². The van der Waals surface area contributed by atoms with E-state index in [1.165, 1.54) is 9.80 Å². The van der Waals surface area contributed by atoms with E-state index in [-0.39, 0.29) is 62.5 Å². The van der Waals surface area contributed by atoms with Gasteiger partial charge in [-0.1, -0.05) is 26.0 Å². The summed E-state index contributed by atoms with van der Waals surface area (Å²) in [4.78, 5) is 66.8. The first-order valence-electron chi connectivity index (χ1n) is 11.3. The number of benzene rings is 1. The van der Waals surface area contributed by atoms with Crippen LogP contribution in [0.5, 0.6) is 5.75 Å². The molecule has 2 aliphatic rings. The molecule has 3 rings (SSSR count). The molecule has 0 spiro atoms. The van der Waals surface area contributed by atoms with Gasteiger partial charge >= 0.3 is 0 Å². The third-order valence-electron chi connectivity index (χ3n) is 5.78.